The predicted octanol–water partition coefficient (Wildman–Crippen LogP) is 2.49. The third-order valence-corrected chi connectivity index (χ3v) is 4.32. The summed E-state index contributed by atoms with van der Waals surface area (Å²) in [7, 11) is 0. The molecular formula is C14H17NO. The van der Waals surface area contributed by atoms with Crippen LogP contribution in [0.25, 0.3) is 0 Å². The molecule has 1 aliphatic carbocycles. The lowest BCUT2D eigenvalue weighted by Crippen LogP contribution is -2.36. The third kappa shape index (κ3) is 1.14. The molecule has 2 saturated heterocycles. The Hall–Kier alpha value is -0.860. The van der Waals surface area contributed by atoms with Gasteiger partial charge in [0.25, 0.3) is 0 Å². The molecule has 84 valence electrons. The summed E-state index contributed by atoms with van der Waals surface area (Å²) in [5.41, 5.74) is 3.03. The lowest BCUT2D eigenvalue weighted by atomic mass is 10.0. The summed E-state index contributed by atoms with van der Waals surface area (Å²) in [6, 6.07) is 9.42. The van der Waals surface area contributed by atoms with Crippen molar-refractivity contribution in [3.8, 4) is 0 Å². The summed E-state index contributed by atoms with van der Waals surface area (Å²) in [4.78, 5) is 2.60. The van der Waals surface area contributed by atoms with Crippen molar-refractivity contribution in [2.24, 2.45) is 0 Å². The van der Waals surface area contributed by atoms with Gasteiger partial charge in [0.2, 0.25) is 0 Å². The molecule has 2 nitrogen and oxygen atoms in total. The molecule has 3 atom stereocenters. The first-order chi connectivity index (χ1) is 7.93. The van der Waals surface area contributed by atoms with Crippen LogP contribution in [0.2, 0.25) is 0 Å². The zero-order chi connectivity index (χ0) is 10.5. The highest BCUT2D eigenvalue weighted by atomic mass is 16.5. The summed E-state index contributed by atoms with van der Waals surface area (Å²) in [6.07, 6.45) is 5.87. The molecule has 0 spiro atoms. The third-order valence-electron chi connectivity index (χ3n) is 4.32. The number of benzene rings is 1. The second-order valence-corrected chi connectivity index (χ2v) is 5.21. The maximum Gasteiger partial charge on any atom is 0.111 e. The van der Waals surface area contributed by atoms with Gasteiger partial charge in [-0.25, -0.2) is 0 Å². The molecule has 3 unspecified atom stereocenters. The van der Waals surface area contributed by atoms with Gasteiger partial charge in [0.15, 0.2) is 0 Å². The van der Waals surface area contributed by atoms with E-state index in [1.165, 1.54) is 36.9 Å². The number of rotatable bonds is 0. The second-order valence-electron chi connectivity index (χ2n) is 5.21. The number of nitrogens with zero attached hydrogens (tertiary/aromatic N) is 1. The quantitative estimate of drug-likeness (QED) is 0.659. The van der Waals surface area contributed by atoms with Crippen LogP contribution in [0, 0.1) is 0 Å². The summed E-state index contributed by atoms with van der Waals surface area (Å²) in [6.45, 7) is 1.22. The molecule has 1 aromatic rings. The molecule has 2 heterocycles. The Kier molecular flexibility index (Phi) is 1.91. The molecule has 1 aromatic carbocycles. The Balaban J connectivity index is 1.74. The van der Waals surface area contributed by atoms with Crippen molar-refractivity contribution in [3.05, 3.63) is 35.4 Å². The average molecular weight is 215 g/mol. The number of hydrogen-bond acceptors (Lipinski definition) is 2. The highest BCUT2D eigenvalue weighted by molar-refractivity contribution is 5.37. The summed E-state index contributed by atoms with van der Waals surface area (Å²) >= 11 is 0. The fraction of sp³-hybridized carbons (Fsp3) is 0.571. The van der Waals surface area contributed by atoms with Crippen LogP contribution in [0.5, 0.6) is 0 Å². The largest absolute Gasteiger partial charge is 0.358 e. The van der Waals surface area contributed by atoms with Crippen LogP contribution in [0.4, 0.5) is 0 Å². The Labute approximate surface area is 96.2 Å². The van der Waals surface area contributed by atoms with Gasteiger partial charge in [0.05, 0.1) is 12.1 Å². The maximum atomic E-state index is 6.20. The number of piperidine rings is 1. The van der Waals surface area contributed by atoms with Crippen molar-refractivity contribution in [1.82, 2.24) is 4.90 Å². The van der Waals surface area contributed by atoms with Crippen molar-refractivity contribution in [2.75, 3.05) is 6.54 Å². The van der Waals surface area contributed by atoms with Crippen molar-refractivity contribution in [3.63, 3.8) is 0 Å². The fourth-order valence-corrected chi connectivity index (χ4v) is 3.64. The Morgan fingerprint density at radius 1 is 1.19 bits per heavy atom. The number of hydrogen-bond donors (Lipinski definition) is 0. The zero-order valence-electron chi connectivity index (χ0n) is 9.43. The van der Waals surface area contributed by atoms with Crippen LogP contribution < -0.4 is 0 Å². The SMILES string of the molecule is c1ccc2c(c1)CC1OC3CCCCN3C21. The van der Waals surface area contributed by atoms with Gasteiger partial charge in [-0.1, -0.05) is 24.3 Å². The van der Waals surface area contributed by atoms with E-state index >= 15 is 0 Å². The highest BCUT2D eigenvalue weighted by Gasteiger charge is 2.47. The molecule has 16 heavy (non-hydrogen) atoms. The number of fused-ring (bicyclic) bond motifs is 5. The predicted molar refractivity (Wildman–Crippen MR) is 62.1 cm³/mol. The van der Waals surface area contributed by atoms with Crippen molar-refractivity contribution >= 4 is 0 Å². The minimum absolute atomic E-state index is 0.414. The second kappa shape index (κ2) is 3.31. The van der Waals surface area contributed by atoms with E-state index in [2.05, 4.69) is 29.2 Å². The minimum atomic E-state index is 0.414. The van der Waals surface area contributed by atoms with Gasteiger partial charge >= 0.3 is 0 Å². The standard InChI is InChI=1S/C14H17NO/c1-2-6-11-10(5-1)9-12-14(11)15-8-4-3-7-13(15)16-12/h1-2,5-6,12-14H,3-4,7-9H2. The topological polar surface area (TPSA) is 12.5 Å². The van der Waals surface area contributed by atoms with Gasteiger partial charge < -0.3 is 4.74 Å². The lowest BCUT2D eigenvalue weighted by molar-refractivity contribution is -0.0204. The summed E-state index contributed by atoms with van der Waals surface area (Å²) in [5.74, 6) is 0. The van der Waals surface area contributed by atoms with Crippen molar-refractivity contribution in [2.45, 2.75) is 44.1 Å². The van der Waals surface area contributed by atoms with Crippen molar-refractivity contribution in [1.29, 1.82) is 0 Å². The first-order valence-corrected chi connectivity index (χ1v) is 6.42. The molecule has 2 heteroatoms. The molecule has 2 fully saturated rings. The van der Waals surface area contributed by atoms with Crippen molar-refractivity contribution < 1.29 is 4.74 Å². The molecule has 3 aliphatic rings. The first-order valence-electron chi connectivity index (χ1n) is 6.42. The van der Waals surface area contributed by atoms with Gasteiger partial charge in [-0.05, 0) is 30.4 Å². The van der Waals surface area contributed by atoms with E-state index in [-0.39, 0.29) is 0 Å². The zero-order valence-corrected chi connectivity index (χ0v) is 9.43. The van der Waals surface area contributed by atoms with Gasteiger partial charge in [-0.15, -0.1) is 0 Å². The van der Waals surface area contributed by atoms with Gasteiger partial charge in [0, 0.05) is 13.0 Å². The molecule has 0 amide bonds. The first kappa shape index (κ1) is 9.20. The molecule has 4 rings (SSSR count). The highest BCUT2D eigenvalue weighted by Crippen LogP contribution is 2.46. The van der Waals surface area contributed by atoms with Crippen LogP contribution in [0.15, 0.2) is 24.3 Å². The van der Waals surface area contributed by atoms with E-state index in [1.54, 1.807) is 0 Å². The van der Waals surface area contributed by atoms with Gasteiger partial charge in [0.1, 0.15) is 6.23 Å². The van der Waals surface area contributed by atoms with E-state index < -0.39 is 0 Å². The van der Waals surface area contributed by atoms with Gasteiger partial charge in [-0.3, -0.25) is 4.90 Å². The molecular weight excluding hydrogens is 198 g/mol. The van der Waals surface area contributed by atoms with Crippen LogP contribution in [0.1, 0.15) is 36.4 Å². The fourth-order valence-electron chi connectivity index (χ4n) is 3.64. The van der Waals surface area contributed by atoms with Gasteiger partial charge in [-0.2, -0.15) is 0 Å². The lowest BCUT2D eigenvalue weighted by Gasteiger charge is -2.31. The summed E-state index contributed by atoms with van der Waals surface area (Å²) < 4.78 is 6.20. The Morgan fingerprint density at radius 2 is 2.12 bits per heavy atom. The van der Waals surface area contributed by atoms with Crippen LogP contribution >= 0.6 is 0 Å². The Morgan fingerprint density at radius 3 is 3.12 bits per heavy atom. The van der Waals surface area contributed by atoms with E-state index in [0.717, 1.165) is 6.42 Å². The molecule has 2 aliphatic heterocycles. The molecule has 0 saturated carbocycles. The normalized spacial score (nSPS) is 36.9. The molecule has 0 radical (unpaired) electrons. The molecule has 0 bridgehead atoms. The van der Waals surface area contributed by atoms with Crippen LogP contribution in [0.3, 0.4) is 0 Å². The number of ether oxygens (including phenoxy) is 1. The Bertz CT molecular complexity index is 417. The van der Waals surface area contributed by atoms with E-state index in [4.69, 9.17) is 4.74 Å². The van der Waals surface area contributed by atoms with E-state index in [0.29, 0.717) is 18.4 Å². The smallest absolute Gasteiger partial charge is 0.111 e. The van der Waals surface area contributed by atoms with E-state index in [1.807, 2.05) is 0 Å². The van der Waals surface area contributed by atoms with Crippen LogP contribution in [-0.4, -0.2) is 23.8 Å². The van der Waals surface area contributed by atoms with Crippen LogP contribution in [-0.2, 0) is 11.2 Å². The average Bonchev–Trinajstić information content (AvgIpc) is 2.83. The van der Waals surface area contributed by atoms with E-state index in [9.17, 15) is 0 Å². The molecule has 0 aromatic heterocycles. The summed E-state index contributed by atoms with van der Waals surface area (Å²) in [5, 5.41) is 0. The minimum Gasteiger partial charge on any atom is -0.358 e. The maximum absolute atomic E-state index is 6.20. The monoisotopic (exact) mass is 215 g/mol. The molecule has 0 N–H and O–H groups in total.